The number of ether oxygens (including phenoxy) is 1. The highest BCUT2D eigenvalue weighted by atomic mass is 79.9. The summed E-state index contributed by atoms with van der Waals surface area (Å²) < 4.78 is 17.8. The molecule has 0 N–H and O–H groups in total. The molecule has 1 amide bonds. The largest absolute Gasteiger partial charge is 0.469 e. The molecule has 0 radical (unpaired) electrons. The molecule has 0 atom stereocenters. The molecule has 0 heterocycles. The summed E-state index contributed by atoms with van der Waals surface area (Å²) in [5.74, 6) is -1.09. The van der Waals surface area contributed by atoms with Gasteiger partial charge in [-0.05, 0) is 34.1 Å². The Morgan fingerprint density at radius 2 is 2.11 bits per heavy atom. The molecule has 6 heteroatoms. The third kappa shape index (κ3) is 3.80. The van der Waals surface area contributed by atoms with Crippen LogP contribution in [-0.2, 0) is 9.53 Å². The number of methoxy groups -OCH3 is 1. The van der Waals surface area contributed by atoms with E-state index in [0.717, 1.165) is 0 Å². The summed E-state index contributed by atoms with van der Waals surface area (Å²) in [6, 6.07) is 3.84. The van der Waals surface area contributed by atoms with Gasteiger partial charge in [0.15, 0.2) is 0 Å². The highest BCUT2D eigenvalue weighted by molar-refractivity contribution is 9.10. The van der Waals surface area contributed by atoms with E-state index in [0.29, 0.717) is 10.0 Å². The quantitative estimate of drug-likeness (QED) is 0.800. The van der Waals surface area contributed by atoms with Gasteiger partial charge in [0.1, 0.15) is 5.82 Å². The second-order valence-electron chi connectivity index (χ2n) is 3.68. The Balaban J connectivity index is 2.71. The predicted molar refractivity (Wildman–Crippen MR) is 67.7 cm³/mol. The van der Waals surface area contributed by atoms with Crippen molar-refractivity contribution in [1.82, 2.24) is 4.90 Å². The van der Waals surface area contributed by atoms with Crippen LogP contribution in [0.1, 0.15) is 16.8 Å². The molecule has 0 saturated carbocycles. The van der Waals surface area contributed by atoms with Crippen molar-refractivity contribution in [2.75, 3.05) is 20.7 Å². The molecule has 1 aromatic rings. The molecule has 0 aliphatic heterocycles. The number of hydrogen-bond donors (Lipinski definition) is 0. The highest BCUT2D eigenvalue weighted by Crippen LogP contribution is 2.19. The van der Waals surface area contributed by atoms with Gasteiger partial charge < -0.3 is 9.64 Å². The van der Waals surface area contributed by atoms with E-state index >= 15 is 0 Å². The fraction of sp³-hybridized carbons (Fsp3) is 0.333. The maximum atomic E-state index is 12.9. The Kier molecular flexibility index (Phi) is 5.27. The summed E-state index contributed by atoms with van der Waals surface area (Å²) in [5, 5.41) is 0. The molecule has 1 aromatic carbocycles. The summed E-state index contributed by atoms with van der Waals surface area (Å²) in [4.78, 5) is 24.4. The monoisotopic (exact) mass is 317 g/mol. The number of nitrogens with zero attached hydrogens (tertiary/aromatic N) is 1. The lowest BCUT2D eigenvalue weighted by Gasteiger charge is -2.17. The zero-order chi connectivity index (χ0) is 13.7. The number of carbonyl (C=O) groups excluding carboxylic acids is 2. The molecular formula is C12H13BrFNO3. The van der Waals surface area contributed by atoms with Gasteiger partial charge in [-0.1, -0.05) is 0 Å². The molecule has 98 valence electrons. The average molecular weight is 318 g/mol. The normalized spacial score (nSPS) is 10.0. The van der Waals surface area contributed by atoms with Crippen molar-refractivity contribution in [2.45, 2.75) is 6.42 Å². The zero-order valence-electron chi connectivity index (χ0n) is 10.1. The minimum absolute atomic E-state index is 0.123. The molecule has 0 aliphatic rings. The number of amides is 1. The van der Waals surface area contributed by atoms with Crippen LogP contribution in [0.15, 0.2) is 22.7 Å². The smallest absolute Gasteiger partial charge is 0.307 e. The molecule has 0 aromatic heterocycles. The third-order valence-corrected chi connectivity index (χ3v) is 3.04. The summed E-state index contributed by atoms with van der Waals surface area (Å²) in [6.07, 6.45) is 0.123. The third-order valence-electron chi connectivity index (χ3n) is 2.39. The number of rotatable bonds is 4. The lowest BCUT2D eigenvalue weighted by atomic mass is 10.2. The standard InChI is InChI=1S/C12H13BrFNO3/c1-15(6-5-11(16)18-2)12(17)9-4-3-8(14)7-10(9)13/h3-4,7H,5-6H2,1-2H3. The van der Waals surface area contributed by atoms with Crippen molar-refractivity contribution < 1.29 is 18.7 Å². The fourth-order valence-electron chi connectivity index (χ4n) is 1.33. The van der Waals surface area contributed by atoms with Crippen molar-refractivity contribution in [3.05, 3.63) is 34.1 Å². The summed E-state index contributed by atoms with van der Waals surface area (Å²) in [5.41, 5.74) is 0.351. The van der Waals surface area contributed by atoms with E-state index in [1.54, 1.807) is 7.05 Å². The number of esters is 1. The molecule has 1 rings (SSSR count). The van der Waals surface area contributed by atoms with E-state index in [1.165, 1.54) is 30.2 Å². The second-order valence-corrected chi connectivity index (χ2v) is 4.53. The van der Waals surface area contributed by atoms with Crippen molar-refractivity contribution in [3.8, 4) is 0 Å². The van der Waals surface area contributed by atoms with Gasteiger partial charge in [-0.15, -0.1) is 0 Å². The Morgan fingerprint density at radius 3 is 2.67 bits per heavy atom. The van der Waals surface area contributed by atoms with Crippen LogP contribution >= 0.6 is 15.9 Å². The van der Waals surface area contributed by atoms with E-state index in [4.69, 9.17) is 0 Å². The molecule has 0 bridgehead atoms. The second kappa shape index (κ2) is 6.49. The topological polar surface area (TPSA) is 46.6 Å². The first kappa shape index (κ1) is 14.6. The lowest BCUT2D eigenvalue weighted by Crippen LogP contribution is -2.29. The molecule has 4 nitrogen and oxygen atoms in total. The van der Waals surface area contributed by atoms with Crippen LogP contribution in [0.4, 0.5) is 4.39 Å². The predicted octanol–water partition coefficient (Wildman–Crippen LogP) is 2.22. The van der Waals surface area contributed by atoms with E-state index in [9.17, 15) is 14.0 Å². The minimum atomic E-state index is -0.421. The number of halogens is 2. The van der Waals surface area contributed by atoms with Crippen LogP contribution < -0.4 is 0 Å². The number of carbonyl (C=O) groups is 2. The van der Waals surface area contributed by atoms with Gasteiger partial charge in [-0.25, -0.2) is 4.39 Å². The van der Waals surface area contributed by atoms with E-state index in [1.807, 2.05) is 0 Å². The first-order chi connectivity index (χ1) is 8.45. The van der Waals surface area contributed by atoms with Gasteiger partial charge in [0.05, 0.1) is 19.1 Å². The van der Waals surface area contributed by atoms with E-state index < -0.39 is 5.82 Å². The average Bonchev–Trinajstić information content (AvgIpc) is 2.34. The van der Waals surface area contributed by atoms with Crippen molar-refractivity contribution in [1.29, 1.82) is 0 Å². The minimum Gasteiger partial charge on any atom is -0.469 e. The molecular weight excluding hydrogens is 305 g/mol. The van der Waals surface area contributed by atoms with Crippen LogP contribution in [0, 0.1) is 5.82 Å². The van der Waals surface area contributed by atoms with Crippen LogP contribution in [0.2, 0.25) is 0 Å². The van der Waals surface area contributed by atoms with Crippen LogP contribution in [0.3, 0.4) is 0 Å². The van der Waals surface area contributed by atoms with Crippen LogP contribution in [-0.4, -0.2) is 37.5 Å². The van der Waals surface area contributed by atoms with E-state index in [-0.39, 0.29) is 24.8 Å². The molecule has 0 spiro atoms. The number of hydrogen-bond acceptors (Lipinski definition) is 3. The summed E-state index contributed by atoms with van der Waals surface area (Å²) in [7, 11) is 2.86. The SMILES string of the molecule is COC(=O)CCN(C)C(=O)c1ccc(F)cc1Br. The maximum Gasteiger partial charge on any atom is 0.307 e. The molecule has 0 unspecified atom stereocenters. The fourth-order valence-corrected chi connectivity index (χ4v) is 1.85. The van der Waals surface area contributed by atoms with Crippen LogP contribution in [0.5, 0.6) is 0 Å². The lowest BCUT2D eigenvalue weighted by molar-refractivity contribution is -0.140. The Labute approximate surface area is 113 Å². The van der Waals surface area contributed by atoms with Gasteiger partial charge in [-0.2, -0.15) is 0 Å². The maximum absolute atomic E-state index is 12.9. The zero-order valence-corrected chi connectivity index (χ0v) is 11.7. The Morgan fingerprint density at radius 1 is 1.44 bits per heavy atom. The molecule has 18 heavy (non-hydrogen) atoms. The van der Waals surface area contributed by atoms with Gasteiger partial charge in [0.25, 0.3) is 5.91 Å². The Bertz CT molecular complexity index is 465. The molecule has 0 fully saturated rings. The van der Waals surface area contributed by atoms with Gasteiger partial charge >= 0.3 is 5.97 Å². The van der Waals surface area contributed by atoms with Gasteiger partial charge in [0, 0.05) is 18.1 Å². The molecule has 0 aliphatic carbocycles. The van der Waals surface area contributed by atoms with Crippen molar-refractivity contribution in [3.63, 3.8) is 0 Å². The Hall–Kier alpha value is -1.43. The van der Waals surface area contributed by atoms with Crippen molar-refractivity contribution in [2.24, 2.45) is 0 Å². The summed E-state index contributed by atoms with van der Waals surface area (Å²) >= 11 is 3.13. The first-order valence-corrected chi connectivity index (χ1v) is 6.02. The van der Waals surface area contributed by atoms with E-state index in [2.05, 4.69) is 20.7 Å². The summed E-state index contributed by atoms with van der Waals surface area (Å²) in [6.45, 7) is 0.245. The highest BCUT2D eigenvalue weighted by Gasteiger charge is 2.16. The van der Waals surface area contributed by atoms with Crippen molar-refractivity contribution >= 4 is 27.8 Å². The van der Waals surface area contributed by atoms with Gasteiger partial charge in [-0.3, -0.25) is 9.59 Å². The first-order valence-electron chi connectivity index (χ1n) is 5.23. The van der Waals surface area contributed by atoms with Gasteiger partial charge in [0.2, 0.25) is 0 Å². The molecule has 0 saturated heterocycles. The number of benzene rings is 1. The van der Waals surface area contributed by atoms with Crippen LogP contribution in [0.25, 0.3) is 0 Å².